The predicted octanol–water partition coefficient (Wildman–Crippen LogP) is 8.91. The van der Waals surface area contributed by atoms with Crippen LogP contribution in [0.1, 0.15) is 143 Å². The molecule has 0 aromatic rings. The zero-order valence-electron chi connectivity index (χ0n) is 21.0. The summed E-state index contributed by atoms with van der Waals surface area (Å²) in [5.41, 5.74) is 0. The molecule has 0 fully saturated rings. The van der Waals surface area contributed by atoms with E-state index in [-0.39, 0.29) is 0 Å². The van der Waals surface area contributed by atoms with Crippen LogP contribution in [-0.4, -0.2) is 30.7 Å². The molecule has 0 aliphatic heterocycles. The molecule has 172 valence electrons. The highest BCUT2D eigenvalue weighted by atomic mass is 15.3. The van der Waals surface area contributed by atoms with Gasteiger partial charge in [-0.3, -0.25) is 0 Å². The first kappa shape index (κ1) is 28.5. The Morgan fingerprint density at radius 2 is 0.759 bits per heavy atom. The van der Waals surface area contributed by atoms with Gasteiger partial charge in [-0.15, -0.1) is 5.92 Å². The van der Waals surface area contributed by atoms with Gasteiger partial charge in [-0.1, -0.05) is 97.8 Å². The maximum Gasteiger partial charge on any atom is 0.140 e. The molecule has 0 saturated carbocycles. The summed E-state index contributed by atoms with van der Waals surface area (Å²) >= 11 is 0. The van der Waals surface area contributed by atoms with Gasteiger partial charge in [-0.25, -0.2) is 0 Å². The van der Waals surface area contributed by atoms with Crippen molar-refractivity contribution in [2.45, 2.75) is 143 Å². The van der Waals surface area contributed by atoms with E-state index in [0.29, 0.717) is 0 Å². The fraction of sp³-hybridized carbons (Fsp3) is 0.929. The van der Waals surface area contributed by atoms with Gasteiger partial charge in [0.25, 0.3) is 0 Å². The van der Waals surface area contributed by atoms with Crippen LogP contribution < -0.4 is 0 Å². The SMILES string of the molecule is CC#CC[N+](CCCCCCCC)(CCCCCCCC)CCCCCCCC. The molecule has 0 heterocycles. The second-order valence-corrected chi connectivity index (χ2v) is 9.40. The average Bonchev–Trinajstić information content (AvgIpc) is 2.74. The summed E-state index contributed by atoms with van der Waals surface area (Å²) in [5, 5.41) is 0. The normalized spacial score (nSPS) is 11.4. The first-order valence-electron chi connectivity index (χ1n) is 13.5. The second kappa shape index (κ2) is 22.2. The van der Waals surface area contributed by atoms with Gasteiger partial charge in [-0.2, -0.15) is 0 Å². The fourth-order valence-electron chi connectivity index (χ4n) is 4.50. The zero-order chi connectivity index (χ0) is 21.5. The molecule has 0 radical (unpaired) electrons. The van der Waals surface area contributed by atoms with Crippen molar-refractivity contribution in [1.29, 1.82) is 0 Å². The van der Waals surface area contributed by atoms with Crippen molar-refractivity contribution in [3.05, 3.63) is 0 Å². The molecule has 1 heteroatoms. The van der Waals surface area contributed by atoms with Crippen molar-refractivity contribution in [3.63, 3.8) is 0 Å². The first-order chi connectivity index (χ1) is 14.2. The van der Waals surface area contributed by atoms with Crippen molar-refractivity contribution in [1.82, 2.24) is 0 Å². The van der Waals surface area contributed by atoms with Crippen molar-refractivity contribution in [2.75, 3.05) is 26.2 Å². The van der Waals surface area contributed by atoms with Crippen LogP contribution in [0.15, 0.2) is 0 Å². The Morgan fingerprint density at radius 3 is 1.07 bits per heavy atom. The quantitative estimate of drug-likeness (QED) is 0.0956. The summed E-state index contributed by atoms with van der Waals surface area (Å²) in [6.45, 7) is 14.1. The zero-order valence-corrected chi connectivity index (χ0v) is 21.0. The van der Waals surface area contributed by atoms with Crippen LogP contribution in [0.3, 0.4) is 0 Å². The third-order valence-corrected chi connectivity index (χ3v) is 6.55. The predicted molar refractivity (Wildman–Crippen MR) is 133 cm³/mol. The lowest BCUT2D eigenvalue weighted by Gasteiger charge is -2.38. The van der Waals surface area contributed by atoms with Gasteiger partial charge in [0.05, 0.1) is 19.6 Å². The molecule has 0 aromatic heterocycles. The molecular weight excluding hydrogens is 350 g/mol. The van der Waals surface area contributed by atoms with Gasteiger partial charge in [-0.05, 0) is 51.4 Å². The Labute approximate surface area is 186 Å². The number of hydrogen-bond acceptors (Lipinski definition) is 0. The van der Waals surface area contributed by atoms with E-state index in [4.69, 9.17) is 0 Å². The lowest BCUT2D eigenvalue weighted by Crippen LogP contribution is -2.50. The molecule has 0 rings (SSSR count). The monoisotopic (exact) mass is 406 g/mol. The number of quaternary nitrogens is 1. The molecule has 0 aliphatic carbocycles. The maximum atomic E-state index is 3.50. The minimum atomic E-state index is 1.09. The Morgan fingerprint density at radius 1 is 0.448 bits per heavy atom. The number of unbranched alkanes of at least 4 members (excludes halogenated alkanes) is 15. The van der Waals surface area contributed by atoms with Crippen molar-refractivity contribution < 1.29 is 4.48 Å². The summed E-state index contributed by atoms with van der Waals surface area (Å²) in [6, 6.07) is 0. The van der Waals surface area contributed by atoms with Crippen LogP contribution in [0.4, 0.5) is 0 Å². The minimum absolute atomic E-state index is 1.09. The summed E-state index contributed by atoms with van der Waals surface area (Å²) in [6.07, 6.45) is 25.4. The van der Waals surface area contributed by atoms with Gasteiger partial charge < -0.3 is 4.48 Å². The van der Waals surface area contributed by atoms with Crippen molar-refractivity contribution in [2.24, 2.45) is 0 Å². The number of rotatable bonds is 22. The summed E-state index contributed by atoms with van der Waals surface area (Å²) in [7, 11) is 0. The van der Waals surface area contributed by atoms with E-state index in [1.807, 2.05) is 6.92 Å². The van der Waals surface area contributed by atoms with Crippen LogP contribution in [0.5, 0.6) is 0 Å². The molecule has 0 saturated heterocycles. The third kappa shape index (κ3) is 18.0. The maximum absolute atomic E-state index is 3.50. The Kier molecular flexibility index (Phi) is 21.8. The van der Waals surface area contributed by atoms with Gasteiger partial charge in [0.1, 0.15) is 6.54 Å². The molecule has 0 bridgehead atoms. The van der Waals surface area contributed by atoms with Crippen LogP contribution in [0.25, 0.3) is 0 Å². The van der Waals surface area contributed by atoms with Crippen molar-refractivity contribution >= 4 is 0 Å². The Hall–Kier alpha value is -0.480. The van der Waals surface area contributed by atoms with Crippen LogP contribution in [0.2, 0.25) is 0 Å². The molecule has 0 spiro atoms. The van der Waals surface area contributed by atoms with Gasteiger partial charge >= 0.3 is 0 Å². The molecule has 29 heavy (non-hydrogen) atoms. The summed E-state index contributed by atoms with van der Waals surface area (Å²) in [5.74, 6) is 6.71. The number of nitrogens with zero attached hydrogens (tertiary/aromatic N) is 1. The highest BCUT2D eigenvalue weighted by Gasteiger charge is 2.25. The molecule has 0 unspecified atom stereocenters. The van der Waals surface area contributed by atoms with Crippen molar-refractivity contribution in [3.8, 4) is 11.8 Å². The van der Waals surface area contributed by atoms with E-state index in [0.717, 1.165) is 6.54 Å². The van der Waals surface area contributed by atoms with Gasteiger partial charge in [0.2, 0.25) is 0 Å². The molecule has 0 atom stereocenters. The standard InChI is InChI=1S/C28H56N/c1-5-9-13-16-19-22-26-29(25-12-8-4,27-23-20-17-14-10-6-2)28-24-21-18-15-11-7-3/h5-7,9-11,13-28H2,1-4H3/q+1. The lowest BCUT2D eigenvalue weighted by atomic mass is 10.1. The molecule has 1 nitrogen and oxygen atoms in total. The smallest absolute Gasteiger partial charge is 0.140 e. The highest BCUT2D eigenvalue weighted by molar-refractivity contribution is 4.95. The average molecular weight is 407 g/mol. The fourth-order valence-corrected chi connectivity index (χ4v) is 4.50. The van der Waals surface area contributed by atoms with E-state index < -0.39 is 0 Å². The van der Waals surface area contributed by atoms with Crippen LogP contribution in [-0.2, 0) is 0 Å². The molecule has 0 aliphatic rings. The molecular formula is C28H56N+. The van der Waals surface area contributed by atoms with Gasteiger partial charge in [0, 0.05) is 0 Å². The van der Waals surface area contributed by atoms with E-state index >= 15 is 0 Å². The Balaban J connectivity index is 4.58. The first-order valence-corrected chi connectivity index (χ1v) is 13.5. The summed E-state index contributed by atoms with van der Waals surface area (Å²) in [4.78, 5) is 0. The summed E-state index contributed by atoms with van der Waals surface area (Å²) < 4.78 is 1.29. The second-order valence-electron chi connectivity index (χ2n) is 9.40. The van der Waals surface area contributed by atoms with E-state index in [9.17, 15) is 0 Å². The topological polar surface area (TPSA) is 0 Å². The van der Waals surface area contributed by atoms with Crippen LogP contribution in [0, 0.1) is 11.8 Å². The highest BCUT2D eigenvalue weighted by Crippen LogP contribution is 2.18. The van der Waals surface area contributed by atoms with E-state index in [2.05, 4.69) is 32.6 Å². The largest absolute Gasteiger partial charge is 0.314 e. The minimum Gasteiger partial charge on any atom is -0.314 e. The third-order valence-electron chi connectivity index (χ3n) is 6.55. The Bertz CT molecular complexity index is 335. The lowest BCUT2D eigenvalue weighted by molar-refractivity contribution is -0.922. The van der Waals surface area contributed by atoms with E-state index in [1.54, 1.807) is 0 Å². The van der Waals surface area contributed by atoms with Crippen LogP contribution >= 0.6 is 0 Å². The molecule has 0 aromatic carbocycles. The molecule has 0 amide bonds. The molecule has 0 N–H and O–H groups in total. The number of hydrogen-bond donors (Lipinski definition) is 0. The van der Waals surface area contributed by atoms with E-state index in [1.165, 1.54) is 140 Å². The van der Waals surface area contributed by atoms with Gasteiger partial charge in [0.15, 0.2) is 0 Å².